The van der Waals surface area contributed by atoms with E-state index in [-0.39, 0.29) is 22.8 Å². The summed E-state index contributed by atoms with van der Waals surface area (Å²) in [5, 5.41) is 3.22. The van der Waals surface area contributed by atoms with E-state index >= 15 is 0 Å². The molecule has 0 fully saturated rings. The van der Waals surface area contributed by atoms with Gasteiger partial charge >= 0.3 is 6.09 Å². The zero-order valence-corrected chi connectivity index (χ0v) is 18.0. The third kappa shape index (κ3) is 4.72. The molecule has 0 aliphatic rings. The number of carbonyl (C=O) groups is 2. The molecule has 0 aliphatic heterocycles. The van der Waals surface area contributed by atoms with Crippen LogP contribution in [0.4, 0.5) is 16.2 Å². The molecule has 3 rings (SSSR count). The van der Waals surface area contributed by atoms with E-state index in [0.717, 1.165) is 0 Å². The number of anilines is 2. The number of benzene rings is 2. The first kappa shape index (κ1) is 22.0. The number of fused-ring (bicyclic) bond motifs is 1. The van der Waals surface area contributed by atoms with Gasteiger partial charge < -0.3 is 15.0 Å². The summed E-state index contributed by atoms with van der Waals surface area (Å²) >= 11 is 5.24. The van der Waals surface area contributed by atoms with Gasteiger partial charge in [-0.05, 0) is 61.6 Å². The second-order valence-electron chi connectivity index (χ2n) is 6.65. The molecule has 31 heavy (non-hydrogen) atoms. The number of hydrogen-bond donors (Lipinski definition) is 2. The first-order valence-electron chi connectivity index (χ1n) is 9.55. The molecule has 2 amide bonds. The highest BCUT2D eigenvalue weighted by Gasteiger charge is 2.13. The van der Waals surface area contributed by atoms with Gasteiger partial charge in [0.15, 0.2) is 4.77 Å². The third-order valence-electron chi connectivity index (χ3n) is 4.61. The first-order chi connectivity index (χ1) is 14.8. The van der Waals surface area contributed by atoms with E-state index < -0.39 is 6.09 Å². The van der Waals surface area contributed by atoms with Crippen LogP contribution in [0.3, 0.4) is 0 Å². The molecular formula is C22H22N4O4S. The zero-order chi connectivity index (χ0) is 22.5. The molecular weight excluding hydrogens is 416 g/mol. The lowest BCUT2D eigenvalue weighted by molar-refractivity contribution is 0.102. The molecule has 2 aromatic carbocycles. The number of H-pyrrole nitrogens is 1. The predicted molar refractivity (Wildman–Crippen MR) is 123 cm³/mol. The molecule has 0 bridgehead atoms. The Kier molecular flexibility index (Phi) is 6.66. The van der Waals surface area contributed by atoms with E-state index in [1.165, 1.54) is 9.47 Å². The van der Waals surface area contributed by atoms with E-state index in [1.807, 2.05) is 0 Å². The molecule has 1 heterocycles. The van der Waals surface area contributed by atoms with Crippen LogP contribution in [0, 0.1) is 4.77 Å². The highest BCUT2D eigenvalue weighted by molar-refractivity contribution is 7.71. The Morgan fingerprint density at radius 2 is 1.97 bits per heavy atom. The van der Waals surface area contributed by atoms with Crippen LogP contribution in [-0.2, 0) is 11.3 Å². The fourth-order valence-electron chi connectivity index (χ4n) is 2.99. The minimum absolute atomic E-state index is 0.244. The maximum absolute atomic E-state index is 12.7. The molecule has 0 saturated carbocycles. The van der Waals surface area contributed by atoms with E-state index in [0.29, 0.717) is 34.4 Å². The lowest BCUT2D eigenvalue weighted by atomic mass is 10.1. The Bertz CT molecular complexity index is 1260. The molecule has 3 aromatic rings. The van der Waals surface area contributed by atoms with E-state index in [4.69, 9.17) is 17.0 Å². The lowest BCUT2D eigenvalue weighted by Gasteiger charge is -2.17. The normalized spacial score (nSPS) is 10.5. The zero-order valence-electron chi connectivity index (χ0n) is 17.2. The first-order valence-corrected chi connectivity index (χ1v) is 9.96. The van der Waals surface area contributed by atoms with Crippen molar-refractivity contribution in [1.29, 1.82) is 0 Å². The number of amides is 2. The van der Waals surface area contributed by atoms with Gasteiger partial charge in [-0.1, -0.05) is 6.08 Å². The summed E-state index contributed by atoms with van der Waals surface area (Å²) in [7, 11) is 1.60. The van der Waals surface area contributed by atoms with Crippen molar-refractivity contribution in [3.05, 3.63) is 75.8 Å². The summed E-state index contributed by atoms with van der Waals surface area (Å²) in [4.78, 5) is 41.4. The van der Waals surface area contributed by atoms with Gasteiger partial charge in [-0.25, -0.2) is 4.79 Å². The van der Waals surface area contributed by atoms with Crippen LogP contribution in [0.1, 0.15) is 17.3 Å². The minimum atomic E-state index is -0.458. The summed E-state index contributed by atoms with van der Waals surface area (Å²) in [5.74, 6) is -0.344. The van der Waals surface area contributed by atoms with Gasteiger partial charge in [0.1, 0.15) is 0 Å². The van der Waals surface area contributed by atoms with Gasteiger partial charge in [-0.3, -0.25) is 19.1 Å². The summed E-state index contributed by atoms with van der Waals surface area (Å²) in [6.45, 7) is 5.95. The maximum Gasteiger partial charge on any atom is 0.413 e. The molecule has 2 N–H and O–H groups in total. The van der Waals surface area contributed by atoms with Crippen LogP contribution >= 0.6 is 12.2 Å². The van der Waals surface area contributed by atoms with Crippen molar-refractivity contribution < 1.29 is 14.3 Å². The lowest BCUT2D eigenvalue weighted by Crippen LogP contribution is -2.26. The number of allylic oxidation sites excluding steroid dienone is 1. The van der Waals surface area contributed by atoms with Crippen molar-refractivity contribution in [1.82, 2.24) is 9.55 Å². The Balaban J connectivity index is 1.81. The van der Waals surface area contributed by atoms with Crippen molar-refractivity contribution >= 4 is 46.5 Å². The van der Waals surface area contributed by atoms with Gasteiger partial charge in [-0.2, -0.15) is 0 Å². The summed E-state index contributed by atoms with van der Waals surface area (Å²) in [6.07, 6.45) is 1.13. The Hall–Kier alpha value is -3.72. The quantitative estimate of drug-likeness (QED) is 0.446. The van der Waals surface area contributed by atoms with E-state index in [2.05, 4.69) is 16.9 Å². The number of ether oxygens (including phenoxy) is 1. The molecule has 0 aliphatic carbocycles. The summed E-state index contributed by atoms with van der Waals surface area (Å²) < 4.78 is 6.62. The van der Waals surface area contributed by atoms with Crippen molar-refractivity contribution in [2.75, 3.05) is 23.9 Å². The van der Waals surface area contributed by atoms with Gasteiger partial charge in [0.05, 0.1) is 17.5 Å². The predicted octanol–water partition coefficient (Wildman–Crippen LogP) is 4.09. The number of aromatic amines is 1. The summed E-state index contributed by atoms with van der Waals surface area (Å²) in [6, 6.07) is 11.5. The second-order valence-corrected chi connectivity index (χ2v) is 7.04. The Morgan fingerprint density at radius 1 is 1.26 bits per heavy atom. The average molecular weight is 439 g/mol. The van der Waals surface area contributed by atoms with Crippen LogP contribution in [0.5, 0.6) is 0 Å². The molecule has 8 nitrogen and oxygen atoms in total. The number of nitrogens with one attached hydrogen (secondary N) is 2. The average Bonchev–Trinajstić information content (AvgIpc) is 2.76. The number of carbonyl (C=O) groups excluding carboxylic acids is 2. The molecule has 160 valence electrons. The van der Waals surface area contributed by atoms with Crippen LogP contribution < -0.4 is 15.8 Å². The maximum atomic E-state index is 12.7. The summed E-state index contributed by atoms with van der Waals surface area (Å²) in [5.41, 5.74) is 1.79. The fourth-order valence-corrected chi connectivity index (χ4v) is 3.26. The topological polar surface area (TPSA) is 96.4 Å². The van der Waals surface area contributed by atoms with Gasteiger partial charge in [0.25, 0.3) is 11.5 Å². The number of aromatic nitrogens is 2. The number of rotatable bonds is 6. The number of hydrogen-bond acceptors (Lipinski definition) is 5. The largest absolute Gasteiger partial charge is 0.449 e. The van der Waals surface area contributed by atoms with Crippen molar-refractivity contribution in [2.24, 2.45) is 0 Å². The van der Waals surface area contributed by atoms with Crippen molar-refractivity contribution in [3.8, 4) is 0 Å². The van der Waals surface area contributed by atoms with Gasteiger partial charge in [0.2, 0.25) is 0 Å². The monoisotopic (exact) mass is 438 g/mol. The second kappa shape index (κ2) is 9.40. The molecule has 0 atom stereocenters. The van der Waals surface area contributed by atoms with Crippen molar-refractivity contribution in [2.45, 2.75) is 13.5 Å². The fraction of sp³-hybridized carbons (Fsp3) is 0.182. The van der Waals surface area contributed by atoms with Crippen LogP contribution in [0.25, 0.3) is 10.9 Å². The molecule has 9 heteroatoms. The SMILES string of the molecule is C=CCn1c(=S)[nH]c2cc(C(=O)Nc3ccc(N(C)C(=O)OCC)cc3)ccc2c1=O. The third-order valence-corrected chi connectivity index (χ3v) is 4.93. The molecule has 0 radical (unpaired) electrons. The standard InChI is InChI=1S/C22H22N4O4S/c1-4-12-26-20(28)17-11-6-14(13-18(17)24-21(26)31)19(27)23-15-7-9-16(10-8-15)25(3)22(29)30-5-2/h4,6-11,13H,1,5,12H2,2-3H3,(H,23,27)(H,24,31). The van der Waals surface area contributed by atoms with Gasteiger partial charge in [0, 0.05) is 30.5 Å². The van der Waals surface area contributed by atoms with E-state index in [9.17, 15) is 14.4 Å². The van der Waals surface area contributed by atoms with E-state index in [1.54, 1.807) is 62.5 Å². The molecule has 1 aromatic heterocycles. The Morgan fingerprint density at radius 3 is 2.61 bits per heavy atom. The minimum Gasteiger partial charge on any atom is -0.449 e. The Labute approximate surface area is 183 Å². The highest BCUT2D eigenvalue weighted by atomic mass is 32.1. The smallest absolute Gasteiger partial charge is 0.413 e. The molecule has 0 unspecified atom stereocenters. The van der Waals surface area contributed by atoms with Crippen molar-refractivity contribution in [3.63, 3.8) is 0 Å². The van der Waals surface area contributed by atoms with Gasteiger partial charge in [-0.15, -0.1) is 6.58 Å². The number of nitrogens with zero attached hydrogens (tertiary/aromatic N) is 2. The highest BCUT2D eigenvalue weighted by Crippen LogP contribution is 2.19. The van der Waals surface area contributed by atoms with Crippen LogP contribution in [-0.4, -0.2) is 35.2 Å². The molecule has 0 saturated heterocycles. The molecule has 0 spiro atoms. The van der Waals surface area contributed by atoms with Crippen LogP contribution in [0.2, 0.25) is 0 Å². The van der Waals surface area contributed by atoms with Crippen LogP contribution in [0.15, 0.2) is 59.9 Å².